The van der Waals surface area contributed by atoms with Crippen LogP contribution in [0, 0.1) is 12.8 Å². The van der Waals surface area contributed by atoms with Gasteiger partial charge in [-0.15, -0.1) is 10.2 Å². The molecule has 7 nitrogen and oxygen atoms in total. The maximum atomic E-state index is 12.1. The number of aromatic nitrogens is 4. The minimum Gasteiger partial charge on any atom is -0.424 e. The predicted octanol–water partition coefficient (Wildman–Crippen LogP) is 0.522. The number of hydrogen-bond donors (Lipinski definition) is 2. The number of carbonyl (C=O) groups is 1. The van der Waals surface area contributed by atoms with Gasteiger partial charge in [0.05, 0.1) is 18.6 Å². The maximum absolute atomic E-state index is 12.1. The number of nitrogens with one attached hydrogen (secondary N) is 2. The minimum absolute atomic E-state index is 0.0167. The molecule has 100 valence electrons. The summed E-state index contributed by atoms with van der Waals surface area (Å²) in [5, 5.41) is 10.4. The number of H-pyrrole nitrogens is 1. The van der Waals surface area contributed by atoms with E-state index in [1.54, 1.807) is 13.3 Å². The molecule has 2 N–H and O–H groups in total. The van der Waals surface area contributed by atoms with Gasteiger partial charge >= 0.3 is 0 Å². The van der Waals surface area contributed by atoms with Crippen LogP contribution in [0.25, 0.3) is 0 Å². The molecule has 1 atom stereocenters. The molecule has 3 rings (SSSR count). The first-order chi connectivity index (χ1) is 9.22. The number of hydrogen-bond acceptors (Lipinski definition) is 5. The molecular weight excluding hydrogens is 246 g/mol. The summed E-state index contributed by atoms with van der Waals surface area (Å²) in [6, 6.07) is 0. The van der Waals surface area contributed by atoms with Gasteiger partial charge in [-0.1, -0.05) is 0 Å². The summed E-state index contributed by atoms with van der Waals surface area (Å²) in [4.78, 5) is 19.4. The zero-order chi connectivity index (χ0) is 13.2. The Morgan fingerprint density at radius 1 is 1.58 bits per heavy atom. The number of carbonyl (C=O) groups excluding carboxylic acids is 1. The molecule has 0 fully saturated rings. The molecule has 1 aliphatic carbocycles. The summed E-state index contributed by atoms with van der Waals surface area (Å²) >= 11 is 0. The summed E-state index contributed by atoms with van der Waals surface area (Å²) in [6.07, 6.45) is 4.07. The number of rotatable bonds is 3. The average Bonchev–Trinajstić information content (AvgIpc) is 3.03. The van der Waals surface area contributed by atoms with E-state index >= 15 is 0 Å². The zero-order valence-electron chi connectivity index (χ0n) is 10.6. The molecule has 0 bridgehead atoms. The third-order valence-electron chi connectivity index (χ3n) is 3.34. The molecule has 1 aliphatic rings. The molecule has 19 heavy (non-hydrogen) atoms. The molecule has 0 saturated carbocycles. The molecule has 2 aromatic heterocycles. The van der Waals surface area contributed by atoms with Crippen LogP contribution in [-0.4, -0.2) is 26.1 Å². The third kappa shape index (κ3) is 2.49. The molecule has 2 heterocycles. The van der Waals surface area contributed by atoms with E-state index in [0.717, 1.165) is 24.2 Å². The number of imidazole rings is 1. The maximum Gasteiger partial charge on any atom is 0.235 e. The first-order valence-corrected chi connectivity index (χ1v) is 6.30. The van der Waals surface area contributed by atoms with Crippen LogP contribution in [0.1, 0.15) is 29.6 Å². The Balaban J connectivity index is 1.57. The molecule has 7 heteroatoms. The van der Waals surface area contributed by atoms with Crippen molar-refractivity contribution in [1.29, 1.82) is 0 Å². The lowest BCUT2D eigenvalue weighted by atomic mass is 9.89. The predicted molar refractivity (Wildman–Crippen MR) is 65.0 cm³/mol. The minimum atomic E-state index is -0.0167. The van der Waals surface area contributed by atoms with E-state index in [9.17, 15) is 4.79 Å². The highest BCUT2D eigenvalue weighted by atomic mass is 16.4. The normalized spacial score (nSPS) is 18.1. The van der Waals surface area contributed by atoms with Gasteiger partial charge in [-0.3, -0.25) is 4.79 Å². The Hall–Kier alpha value is -2.18. The van der Waals surface area contributed by atoms with Gasteiger partial charge < -0.3 is 14.7 Å². The molecule has 0 spiro atoms. The van der Waals surface area contributed by atoms with Crippen molar-refractivity contribution in [3.8, 4) is 0 Å². The smallest absolute Gasteiger partial charge is 0.235 e. The van der Waals surface area contributed by atoms with E-state index in [1.807, 2.05) is 0 Å². The highest BCUT2D eigenvalue weighted by Gasteiger charge is 2.26. The van der Waals surface area contributed by atoms with Crippen LogP contribution in [0.2, 0.25) is 0 Å². The van der Waals surface area contributed by atoms with Crippen molar-refractivity contribution >= 4 is 5.91 Å². The monoisotopic (exact) mass is 261 g/mol. The van der Waals surface area contributed by atoms with E-state index in [2.05, 4.69) is 25.5 Å². The Morgan fingerprint density at radius 2 is 2.47 bits per heavy atom. The largest absolute Gasteiger partial charge is 0.424 e. The highest BCUT2D eigenvalue weighted by molar-refractivity contribution is 5.79. The summed E-state index contributed by atoms with van der Waals surface area (Å²) in [5.74, 6) is 0.945. The van der Waals surface area contributed by atoms with Crippen LogP contribution in [0.5, 0.6) is 0 Å². The third-order valence-corrected chi connectivity index (χ3v) is 3.34. The molecule has 0 saturated heterocycles. The van der Waals surface area contributed by atoms with Crippen molar-refractivity contribution in [2.24, 2.45) is 5.92 Å². The quantitative estimate of drug-likeness (QED) is 0.839. The standard InChI is InChI=1S/C12H15N5O2/c1-7-16-17-11(19-7)5-13-12(18)8-2-3-9-10(4-8)15-6-14-9/h6,8H,2-5H2,1H3,(H,13,18)(H,14,15). The van der Waals surface area contributed by atoms with Crippen LogP contribution >= 0.6 is 0 Å². The van der Waals surface area contributed by atoms with Gasteiger partial charge in [-0.2, -0.15) is 0 Å². The lowest BCUT2D eigenvalue weighted by Crippen LogP contribution is -2.33. The van der Waals surface area contributed by atoms with Gasteiger partial charge in [-0.25, -0.2) is 4.98 Å². The van der Waals surface area contributed by atoms with Gasteiger partial charge in [0.1, 0.15) is 0 Å². The van der Waals surface area contributed by atoms with Crippen molar-refractivity contribution < 1.29 is 9.21 Å². The Morgan fingerprint density at radius 3 is 3.26 bits per heavy atom. The number of amides is 1. The van der Waals surface area contributed by atoms with E-state index in [4.69, 9.17) is 4.42 Å². The van der Waals surface area contributed by atoms with Crippen molar-refractivity contribution in [2.45, 2.75) is 32.7 Å². The van der Waals surface area contributed by atoms with Crippen LogP contribution in [0.15, 0.2) is 10.7 Å². The lowest BCUT2D eigenvalue weighted by molar-refractivity contribution is -0.125. The van der Waals surface area contributed by atoms with Gasteiger partial charge in [-0.05, 0) is 12.8 Å². The van der Waals surface area contributed by atoms with E-state index < -0.39 is 0 Å². The van der Waals surface area contributed by atoms with Gasteiger partial charge in [0.25, 0.3) is 0 Å². The fourth-order valence-corrected chi connectivity index (χ4v) is 2.34. The number of nitrogens with zero attached hydrogens (tertiary/aromatic N) is 3. The molecule has 1 amide bonds. The topological polar surface area (TPSA) is 96.7 Å². The van der Waals surface area contributed by atoms with Crippen molar-refractivity contribution in [2.75, 3.05) is 0 Å². The lowest BCUT2D eigenvalue weighted by Gasteiger charge is -2.20. The van der Waals surface area contributed by atoms with E-state index in [-0.39, 0.29) is 18.4 Å². The first kappa shape index (κ1) is 11.9. The second-order valence-electron chi connectivity index (χ2n) is 4.70. The highest BCUT2D eigenvalue weighted by Crippen LogP contribution is 2.22. The van der Waals surface area contributed by atoms with Crippen LogP contribution in [-0.2, 0) is 24.2 Å². The summed E-state index contributed by atoms with van der Waals surface area (Å²) in [5.41, 5.74) is 2.15. The van der Waals surface area contributed by atoms with E-state index in [0.29, 0.717) is 18.2 Å². The number of aromatic amines is 1. The summed E-state index contributed by atoms with van der Waals surface area (Å²) < 4.78 is 5.21. The Labute approximate surface area is 109 Å². The Bertz CT molecular complexity index is 588. The first-order valence-electron chi connectivity index (χ1n) is 6.30. The summed E-state index contributed by atoms with van der Waals surface area (Å²) in [6.45, 7) is 2.01. The average molecular weight is 261 g/mol. The zero-order valence-corrected chi connectivity index (χ0v) is 10.6. The van der Waals surface area contributed by atoms with E-state index in [1.165, 1.54) is 0 Å². The second-order valence-corrected chi connectivity index (χ2v) is 4.70. The van der Waals surface area contributed by atoms with Gasteiger partial charge in [0.15, 0.2) is 0 Å². The fraction of sp³-hybridized carbons (Fsp3) is 0.500. The van der Waals surface area contributed by atoms with Crippen molar-refractivity contribution in [1.82, 2.24) is 25.5 Å². The number of aryl methyl sites for hydroxylation is 2. The molecule has 0 radical (unpaired) electrons. The van der Waals surface area contributed by atoms with Crippen molar-refractivity contribution in [3.63, 3.8) is 0 Å². The molecule has 0 aromatic carbocycles. The second kappa shape index (κ2) is 4.83. The van der Waals surface area contributed by atoms with Crippen LogP contribution in [0.4, 0.5) is 0 Å². The molecular formula is C12H15N5O2. The Kier molecular flexibility index (Phi) is 3.02. The van der Waals surface area contributed by atoms with Crippen LogP contribution < -0.4 is 5.32 Å². The van der Waals surface area contributed by atoms with Crippen LogP contribution in [0.3, 0.4) is 0 Å². The SMILES string of the molecule is Cc1nnc(CNC(=O)C2CCc3nc[nH]c3C2)o1. The van der Waals surface area contributed by atoms with Gasteiger partial charge in [0, 0.05) is 25.0 Å². The molecule has 2 aromatic rings. The van der Waals surface area contributed by atoms with Crippen molar-refractivity contribution in [3.05, 3.63) is 29.5 Å². The summed E-state index contributed by atoms with van der Waals surface area (Å²) in [7, 11) is 0. The molecule has 1 unspecified atom stereocenters. The fourth-order valence-electron chi connectivity index (χ4n) is 2.34. The molecule has 0 aliphatic heterocycles. The number of fused-ring (bicyclic) bond motifs is 1. The van der Waals surface area contributed by atoms with Gasteiger partial charge in [0.2, 0.25) is 17.7 Å².